The molecule has 0 aromatic heterocycles. The lowest BCUT2D eigenvalue weighted by Crippen LogP contribution is -2.48. The van der Waals surface area contributed by atoms with E-state index in [0.717, 1.165) is 31.4 Å². The summed E-state index contributed by atoms with van der Waals surface area (Å²) in [4.78, 5) is 13.0. The SMILES string of the molecule is CCCC[Si](C)(C)O[Si](C)(C)COC(=O)C(C)C[Si](C)(OC)O[Si]O[Si](C)(C)CCCCOc1cc(Cl)ccc1Oc1ccc(Cl)cc1Cl. The molecule has 0 amide bonds. The number of hydrogen-bond acceptors (Lipinski definition) is 8. The second-order valence-electron chi connectivity index (χ2n) is 14.4. The molecule has 8 nitrogen and oxygen atoms in total. The maximum absolute atomic E-state index is 13.0. The predicted molar refractivity (Wildman–Crippen MR) is 212 cm³/mol. The van der Waals surface area contributed by atoms with Gasteiger partial charge in [-0.3, -0.25) is 4.79 Å². The molecule has 16 heteroatoms. The van der Waals surface area contributed by atoms with Crippen molar-refractivity contribution in [1.82, 2.24) is 0 Å². The number of hydrogen-bond donors (Lipinski definition) is 0. The van der Waals surface area contributed by atoms with E-state index in [0.29, 0.717) is 51.2 Å². The van der Waals surface area contributed by atoms with Crippen molar-refractivity contribution in [3.63, 3.8) is 0 Å². The van der Waals surface area contributed by atoms with Crippen LogP contribution >= 0.6 is 34.8 Å². The van der Waals surface area contributed by atoms with Crippen LogP contribution in [0.15, 0.2) is 36.4 Å². The normalized spacial score (nSPS) is 14.3. The second-order valence-corrected chi connectivity index (χ2v) is 33.2. The van der Waals surface area contributed by atoms with Crippen LogP contribution in [-0.4, -0.2) is 69.4 Å². The van der Waals surface area contributed by atoms with Gasteiger partial charge in [0.1, 0.15) is 12.0 Å². The Hall–Kier alpha value is -0.696. The average molecular weight is 827 g/mol. The van der Waals surface area contributed by atoms with Gasteiger partial charge >= 0.3 is 24.5 Å². The van der Waals surface area contributed by atoms with Gasteiger partial charge in [-0.05, 0) is 94.7 Å². The highest BCUT2D eigenvalue weighted by atomic mass is 35.5. The zero-order valence-electron chi connectivity index (χ0n) is 30.8. The maximum Gasteiger partial charge on any atom is 0.411 e. The van der Waals surface area contributed by atoms with Gasteiger partial charge in [-0.2, -0.15) is 0 Å². The lowest BCUT2D eigenvalue weighted by Gasteiger charge is -2.34. The highest BCUT2D eigenvalue weighted by Crippen LogP contribution is 2.38. The lowest BCUT2D eigenvalue weighted by molar-refractivity contribution is -0.145. The summed E-state index contributed by atoms with van der Waals surface area (Å²) in [6, 6.07) is 12.8. The molecule has 0 saturated heterocycles. The fourth-order valence-electron chi connectivity index (χ4n) is 5.09. The summed E-state index contributed by atoms with van der Waals surface area (Å²) in [5.41, 5.74) is 0. The van der Waals surface area contributed by atoms with Crippen LogP contribution in [0, 0.1) is 5.92 Å². The Morgan fingerprint density at radius 1 is 0.796 bits per heavy atom. The van der Waals surface area contributed by atoms with Crippen LogP contribution in [-0.2, 0) is 26.3 Å². The first kappa shape index (κ1) is 44.5. The Morgan fingerprint density at radius 3 is 2.06 bits per heavy atom. The van der Waals surface area contributed by atoms with Crippen molar-refractivity contribution in [3.8, 4) is 17.2 Å². The van der Waals surface area contributed by atoms with E-state index in [1.807, 2.05) is 13.5 Å². The Kier molecular flexibility index (Phi) is 18.6. The number of unbranched alkanes of at least 4 members (excludes halogenated alkanes) is 2. The van der Waals surface area contributed by atoms with Crippen molar-refractivity contribution >= 4 is 84.3 Å². The van der Waals surface area contributed by atoms with E-state index in [4.69, 9.17) is 65.8 Å². The molecular weight excluding hydrogens is 771 g/mol. The summed E-state index contributed by atoms with van der Waals surface area (Å²) in [7, 11) is -7.11. The fraction of sp³-hybridized carbons (Fsp3) is 0.606. The van der Waals surface area contributed by atoms with Crippen LogP contribution in [0.1, 0.15) is 39.5 Å². The Bertz CT molecular complexity index is 1340. The van der Waals surface area contributed by atoms with E-state index >= 15 is 0 Å². The first-order chi connectivity index (χ1) is 22.8. The van der Waals surface area contributed by atoms with E-state index in [2.05, 4.69) is 46.2 Å². The average Bonchev–Trinajstić information content (AvgIpc) is 3.00. The Morgan fingerprint density at radius 2 is 1.43 bits per heavy atom. The number of esters is 1. The third-order valence-electron chi connectivity index (χ3n) is 7.78. The summed E-state index contributed by atoms with van der Waals surface area (Å²) in [6.45, 7) is 19.7. The molecule has 2 aromatic carbocycles. The molecule has 0 N–H and O–H groups in total. The van der Waals surface area contributed by atoms with Gasteiger partial charge in [0, 0.05) is 29.3 Å². The molecule has 49 heavy (non-hydrogen) atoms. The van der Waals surface area contributed by atoms with Crippen molar-refractivity contribution in [2.75, 3.05) is 19.9 Å². The van der Waals surface area contributed by atoms with Gasteiger partial charge < -0.3 is 31.0 Å². The third kappa shape index (κ3) is 17.1. The standard InChI is InChI=1S/C33H55Cl3O8Si5/c1-11-12-20-47(6,7)44-48(8,9)25-40-33(37)26(2)24-49(10,38-3)43-45-42-46(4,5)21-14-13-19-39-32-23-28(35)16-18-31(32)41-30-17-15-27(34)22-29(30)36/h15-18,22-23,26H,11-14,19-21,24-25H2,1-10H3. The molecule has 2 unspecified atom stereocenters. The highest BCUT2D eigenvalue weighted by molar-refractivity contribution is 6.84. The summed E-state index contributed by atoms with van der Waals surface area (Å²) in [6.07, 6.45) is 4.43. The van der Waals surface area contributed by atoms with E-state index in [1.54, 1.807) is 43.5 Å². The number of carbonyl (C=O) groups is 1. The summed E-state index contributed by atoms with van der Waals surface area (Å²) >= 11 is 18.5. The molecule has 0 spiro atoms. The minimum Gasteiger partial charge on any atom is -0.490 e. The number of benzene rings is 2. The molecule has 276 valence electrons. The largest absolute Gasteiger partial charge is 0.490 e. The molecule has 0 aliphatic rings. The van der Waals surface area contributed by atoms with Crippen molar-refractivity contribution < 1.29 is 35.8 Å². The van der Waals surface area contributed by atoms with Gasteiger partial charge in [0.15, 0.2) is 28.1 Å². The van der Waals surface area contributed by atoms with Crippen LogP contribution in [0.3, 0.4) is 0 Å². The van der Waals surface area contributed by atoms with Crippen LogP contribution in [0.4, 0.5) is 0 Å². The quantitative estimate of drug-likeness (QED) is 0.0622. The molecule has 0 aliphatic heterocycles. The van der Waals surface area contributed by atoms with Crippen molar-refractivity contribution in [2.24, 2.45) is 5.92 Å². The molecule has 0 fully saturated rings. The Labute approximate surface area is 316 Å². The number of carbonyl (C=O) groups excluding carboxylic acids is 1. The zero-order chi connectivity index (χ0) is 36.9. The number of ether oxygens (including phenoxy) is 3. The van der Waals surface area contributed by atoms with Crippen LogP contribution in [0.25, 0.3) is 0 Å². The molecule has 2 rings (SSSR count). The van der Waals surface area contributed by atoms with Crippen molar-refractivity contribution in [1.29, 1.82) is 0 Å². The minimum absolute atomic E-state index is 0.153. The summed E-state index contributed by atoms with van der Waals surface area (Å²) < 4.78 is 42.8. The minimum atomic E-state index is -2.67. The Balaban J connectivity index is 1.78. The van der Waals surface area contributed by atoms with Gasteiger partial charge in [0.05, 0.1) is 17.5 Å². The predicted octanol–water partition coefficient (Wildman–Crippen LogP) is 11.0. The third-order valence-corrected chi connectivity index (χ3v) is 23.7. The smallest absolute Gasteiger partial charge is 0.411 e. The van der Waals surface area contributed by atoms with Crippen molar-refractivity contribution in [3.05, 3.63) is 51.5 Å². The van der Waals surface area contributed by atoms with E-state index in [-0.39, 0.29) is 21.9 Å². The molecule has 0 heterocycles. The van der Waals surface area contributed by atoms with E-state index in [9.17, 15) is 4.79 Å². The van der Waals surface area contributed by atoms with Crippen LogP contribution in [0.2, 0.25) is 79.0 Å². The topological polar surface area (TPSA) is 81.7 Å². The van der Waals surface area contributed by atoms with E-state index < -0.39 is 33.5 Å². The van der Waals surface area contributed by atoms with Crippen LogP contribution in [0.5, 0.6) is 17.2 Å². The second kappa shape index (κ2) is 20.5. The molecule has 2 atom stereocenters. The van der Waals surface area contributed by atoms with Gasteiger partial charge in [0.2, 0.25) is 8.32 Å². The van der Waals surface area contributed by atoms with Gasteiger partial charge in [0.25, 0.3) is 0 Å². The van der Waals surface area contributed by atoms with Gasteiger partial charge in [-0.15, -0.1) is 0 Å². The number of rotatable bonds is 23. The first-order valence-corrected chi connectivity index (χ1v) is 30.7. The molecule has 2 radical (unpaired) electrons. The fourth-order valence-corrected chi connectivity index (χ4v) is 19.8. The monoisotopic (exact) mass is 824 g/mol. The number of halogens is 3. The van der Waals surface area contributed by atoms with E-state index in [1.165, 1.54) is 6.42 Å². The van der Waals surface area contributed by atoms with Gasteiger partial charge in [-0.1, -0.05) is 67.9 Å². The molecule has 0 aliphatic carbocycles. The maximum atomic E-state index is 13.0. The highest BCUT2D eigenvalue weighted by Gasteiger charge is 2.38. The molecule has 2 aromatic rings. The molecular formula is C33H55Cl3O8Si5. The van der Waals surface area contributed by atoms with Gasteiger partial charge in [-0.25, -0.2) is 0 Å². The lowest BCUT2D eigenvalue weighted by atomic mass is 10.2. The summed E-state index contributed by atoms with van der Waals surface area (Å²) in [5.74, 6) is 0.942. The zero-order valence-corrected chi connectivity index (χ0v) is 38.1. The summed E-state index contributed by atoms with van der Waals surface area (Å²) in [5, 5.41) is 1.48. The molecule has 0 saturated carbocycles. The molecule has 0 bridgehead atoms. The van der Waals surface area contributed by atoms with Crippen LogP contribution < -0.4 is 9.47 Å². The van der Waals surface area contributed by atoms with Crippen molar-refractivity contribution in [2.45, 2.75) is 103 Å². The first-order valence-electron chi connectivity index (χ1n) is 16.9.